The molecule has 0 atom stereocenters. The van der Waals surface area contributed by atoms with Crippen LogP contribution in [0.5, 0.6) is 5.75 Å². The summed E-state index contributed by atoms with van der Waals surface area (Å²) in [6.45, 7) is 4.82. The van der Waals surface area contributed by atoms with Gasteiger partial charge in [-0.05, 0) is 60.7 Å². The molecule has 7 nitrogen and oxygen atoms in total. The van der Waals surface area contributed by atoms with E-state index in [2.05, 4.69) is 9.89 Å². The molecule has 33 heavy (non-hydrogen) atoms. The highest BCUT2D eigenvalue weighted by Crippen LogP contribution is 2.35. The molecule has 1 saturated heterocycles. The topological polar surface area (TPSA) is 68.9 Å². The van der Waals surface area contributed by atoms with E-state index >= 15 is 0 Å². The van der Waals surface area contributed by atoms with Crippen molar-refractivity contribution in [3.8, 4) is 22.7 Å². The normalized spacial score (nSPS) is 17.5. The molecule has 8 heteroatoms. The first-order valence-electron chi connectivity index (χ1n) is 10.8. The first-order valence-corrected chi connectivity index (χ1v) is 11.6. The Labute approximate surface area is 196 Å². The van der Waals surface area contributed by atoms with Gasteiger partial charge in [0.2, 0.25) is 0 Å². The maximum Gasteiger partial charge on any atom is 0.286 e. The van der Waals surface area contributed by atoms with Crippen molar-refractivity contribution in [3.05, 3.63) is 70.8 Å². The van der Waals surface area contributed by atoms with Crippen molar-refractivity contribution in [3.63, 3.8) is 0 Å². The molecule has 2 aliphatic heterocycles. The summed E-state index contributed by atoms with van der Waals surface area (Å²) in [5.74, 6) is 0.579. The average molecular weight is 461 g/mol. The van der Waals surface area contributed by atoms with E-state index in [4.69, 9.17) is 14.6 Å². The van der Waals surface area contributed by atoms with Crippen molar-refractivity contribution >= 4 is 28.9 Å². The van der Waals surface area contributed by atoms with E-state index in [0.29, 0.717) is 18.1 Å². The highest BCUT2D eigenvalue weighted by Gasteiger charge is 2.28. The van der Waals surface area contributed by atoms with Crippen molar-refractivity contribution < 1.29 is 14.3 Å². The lowest BCUT2D eigenvalue weighted by atomic mass is 10.0. The van der Waals surface area contributed by atoms with Gasteiger partial charge in [-0.3, -0.25) is 4.79 Å². The number of aliphatic imine (C=N–C) groups is 1. The van der Waals surface area contributed by atoms with Gasteiger partial charge in [0, 0.05) is 30.4 Å². The van der Waals surface area contributed by atoms with E-state index in [1.54, 1.807) is 7.11 Å². The van der Waals surface area contributed by atoms with Crippen molar-refractivity contribution in [1.29, 1.82) is 0 Å². The minimum Gasteiger partial charge on any atom is -0.497 e. The van der Waals surface area contributed by atoms with Crippen LogP contribution in [0.15, 0.2) is 64.6 Å². The number of thioether (sulfide) groups is 1. The van der Waals surface area contributed by atoms with Crippen molar-refractivity contribution in [1.82, 2.24) is 14.7 Å². The van der Waals surface area contributed by atoms with E-state index in [1.807, 2.05) is 72.4 Å². The Morgan fingerprint density at radius 1 is 1.12 bits per heavy atom. The average Bonchev–Trinajstić information content (AvgIpc) is 3.44. The number of morpholine rings is 1. The fourth-order valence-corrected chi connectivity index (χ4v) is 4.83. The summed E-state index contributed by atoms with van der Waals surface area (Å²) in [7, 11) is 1.66. The zero-order valence-electron chi connectivity index (χ0n) is 18.5. The van der Waals surface area contributed by atoms with Crippen LogP contribution in [0.2, 0.25) is 0 Å². The van der Waals surface area contributed by atoms with Crippen LogP contribution in [0.1, 0.15) is 11.1 Å². The van der Waals surface area contributed by atoms with Crippen LogP contribution < -0.4 is 4.74 Å². The van der Waals surface area contributed by atoms with Gasteiger partial charge in [0.1, 0.15) is 11.4 Å². The van der Waals surface area contributed by atoms with Crippen LogP contribution in [-0.2, 0) is 9.53 Å². The number of aromatic nitrogens is 2. The number of nitrogens with zero attached hydrogens (tertiary/aromatic N) is 4. The lowest BCUT2D eigenvalue weighted by Crippen LogP contribution is -2.38. The van der Waals surface area contributed by atoms with E-state index in [1.165, 1.54) is 11.8 Å². The Morgan fingerprint density at radius 3 is 2.64 bits per heavy atom. The van der Waals surface area contributed by atoms with Gasteiger partial charge in [-0.2, -0.15) is 10.1 Å². The van der Waals surface area contributed by atoms with Gasteiger partial charge < -0.3 is 14.4 Å². The predicted octanol–water partition coefficient (Wildman–Crippen LogP) is 4.16. The summed E-state index contributed by atoms with van der Waals surface area (Å²) in [5, 5.41) is 5.63. The second-order valence-electron chi connectivity index (χ2n) is 7.80. The first-order chi connectivity index (χ1) is 16.1. The number of benzene rings is 2. The zero-order valence-corrected chi connectivity index (χ0v) is 19.3. The molecule has 0 N–H and O–H groups in total. The lowest BCUT2D eigenvalue weighted by Gasteiger charge is -2.27. The largest absolute Gasteiger partial charge is 0.497 e. The Morgan fingerprint density at radius 2 is 1.91 bits per heavy atom. The number of amidine groups is 1. The SMILES string of the molecule is COc1ccc(-c2nn(-c3ccccc3)cc2/C=C2\SC(N3CCOCC3)=NC2=O)c(C)c1. The van der Waals surface area contributed by atoms with Gasteiger partial charge in [0.25, 0.3) is 5.91 Å². The second kappa shape index (κ2) is 9.25. The summed E-state index contributed by atoms with van der Waals surface area (Å²) in [5.41, 5.74) is 4.65. The number of methoxy groups -OCH3 is 1. The third-order valence-electron chi connectivity index (χ3n) is 5.63. The van der Waals surface area contributed by atoms with E-state index < -0.39 is 0 Å². The zero-order chi connectivity index (χ0) is 22.8. The Bertz CT molecular complexity index is 1240. The molecule has 1 amide bonds. The monoisotopic (exact) mass is 460 g/mol. The smallest absolute Gasteiger partial charge is 0.286 e. The highest BCUT2D eigenvalue weighted by molar-refractivity contribution is 8.18. The number of para-hydroxylation sites is 1. The van der Waals surface area contributed by atoms with Crippen LogP contribution in [0, 0.1) is 6.92 Å². The molecule has 3 heterocycles. The number of hydrogen-bond donors (Lipinski definition) is 0. The minimum atomic E-state index is -0.216. The molecule has 5 rings (SSSR count). The molecule has 0 spiro atoms. The third-order valence-corrected chi connectivity index (χ3v) is 6.67. The van der Waals surface area contributed by atoms with Crippen molar-refractivity contribution in [2.24, 2.45) is 4.99 Å². The minimum absolute atomic E-state index is 0.216. The summed E-state index contributed by atoms with van der Waals surface area (Å²) >= 11 is 1.41. The number of carbonyl (C=O) groups excluding carboxylic acids is 1. The number of rotatable bonds is 4. The molecule has 3 aromatic rings. The fourth-order valence-electron chi connectivity index (χ4n) is 3.87. The van der Waals surface area contributed by atoms with E-state index in [-0.39, 0.29) is 5.91 Å². The summed E-state index contributed by atoms with van der Waals surface area (Å²) in [6.07, 6.45) is 3.86. The molecule has 0 aliphatic carbocycles. The van der Waals surface area contributed by atoms with Crippen LogP contribution in [0.25, 0.3) is 23.0 Å². The molecule has 0 bridgehead atoms. The van der Waals surface area contributed by atoms with Gasteiger partial charge in [0.05, 0.1) is 30.9 Å². The van der Waals surface area contributed by atoms with Gasteiger partial charge in [-0.1, -0.05) is 18.2 Å². The molecule has 1 aromatic heterocycles. The highest BCUT2D eigenvalue weighted by atomic mass is 32.2. The van der Waals surface area contributed by atoms with Gasteiger partial charge in [0.15, 0.2) is 5.17 Å². The van der Waals surface area contributed by atoms with Crippen molar-refractivity contribution in [2.75, 3.05) is 33.4 Å². The summed E-state index contributed by atoms with van der Waals surface area (Å²) < 4.78 is 12.6. The van der Waals surface area contributed by atoms with Gasteiger partial charge in [-0.25, -0.2) is 4.68 Å². The quantitative estimate of drug-likeness (QED) is 0.545. The Kier molecular flexibility index (Phi) is 6.02. The number of carbonyl (C=O) groups is 1. The van der Waals surface area contributed by atoms with Crippen LogP contribution >= 0.6 is 11.8 Å². The predicted molar refractivity (Wildman–Crippen MR) is 131 cm³/mol. The first kappa shape index (κ1) is 21.5. The molecule has 0 saturated carbocycles. The van der Waals surface area contributed by atoms with E-state index in [9.17, 15) is 4.79 Å². The van der Waals surface area contributed by atoms with Crippen molar-refractivity contribution in [2.45, 2.75) is 6.92 Å². The summed E-state index contributed by atoms with van der Waals surface area (Å²) in [4.78, 5) is 19.7. The number of ether oxygens (including phenoxy) is 2. The molecule has 0 unspecified atom stereocenters. The molecular weight excluding hydrogens is 436 g/mol. The number of aryl methyl sites for hydroxylation is 1. The molecule has 0 radical (unpaired) electrons. The second-order valence-corrected chi connectivity index (χ2v) is 8.81. The fraction of sp³-hybridized carbons (Fsp3) is 0.240. The summed E-state index contributed by atoms with van der Waals surface area (Å²) in [6, 6.07) is 15.9. The third kappa shape index (κ3) is 4.44. The van der Waals surface area contributed by atoms with Crippen LogP contribution in [0.3, 0.4) is 0 Å². The molecule has 2 aromatic carbocycles. The Balaban J connectivity index is 1.54. The van der Waals surface area contributed by atoms with Gasteiger partial charge >= 0.3 is 0 Å². The molecular formula is C25H24N4O3S. The van der Waals surface area contributed by atoms with E-state index in [0.717, 1.165) is 52.1 Å². The molecule has 1 fully saturated rings. The standard InChI is InChI=1S/C25H24N4O3S/c1-17-14-20(31-2)8-9-21(17)23-18(16-29(27-23)19-6-4-3-5-7-19)15-22-24(30)26-25(33-22)28-10-12-32-13-11-28/h3-9,14-16H,10-13H2,1-2H3/b22-15-. The number of hydrogen-bond acceptors (Lipinski definition) is 6. The van der Waals surface area contributed by atoms with Crippen LogP contribution in [-0.4, -0.2) is 59.2 Å². The number of amides is 1. The maximum atomic E-state index is 12.7. The van der Waals surface area contributed by atoms with Crippen LogP contribution in [0.4, 0.5) is 0 Å². The molecule has 168 valence electrons. The molecule has 2 aliphatic rings. The Hall–Kier alpha value is -3.36. The lowest BCUT2D eigenvalue weighted by molar-refractivity contribution is -0.113. The van der Waals surface area contributed by atoms with Gasteiger partial charge in [-0.15, -0.1) is 0 Å². The maximum absolute atomic E-state index is 12.7.